The molecular weight excluding hydrogens is 197 g/mol. The summed E-state index contributed by atoms with van der Waals surface area (Å²) in [5.41, 5.74) is 7.87. The van der Waals surface area contributed by atoms with Gasteiger partial charge in [0.25, 0.3) is 0 Å². The maximum absolute atomic E-state index is 5.40. The van der Waals surface area contributed by atoms with Gasteiger partial charge in [-0.25, -0.2) is 0 Å². The highest BCUT2D eigenvalue weighted by Gasteiger charge is 2.00. The van der Waals surface area contributed by atoms with E-state index in [1.54, 1.807) is 0 Å². The van der Waals surface area contributed by atoms with Crippen LogP contribution in [0.1, 0.15) is 11.3 Å². The van der Waals surface area contributed by atoms with Crippen molar-refractivity contribution in [3.8, 4) is 0 Å². The van der Waals surface area contributed by atoms with Gasteiger partial charge >= 0.3 is 0 Å². The second-order valence-corrected chi connectivity index (χ2v) is 2.42. The Morgan fingerprint density at radius 2 is 2.08 bits per heavy atom. The molecule has 5 heteroatoms. The number of halogens is 2. The van der Waals surface area contributed by atoms with Crippen molar-refractivity contribution in [1.82, 2.24) is 9.78 Å². The number of aryl methyl sites for hydroxylation is 1. The molecular formula is C7H15Cl2N3. The van der Waals surface area contributed by atoms with Gasteiger partial charge in [0.1, 0.15) is 0 Å². The lowest BCUT2D eigenvalue weighted by atomic mass is 10.2. The van der Waals surface area contributed by atoms with E-state index in [0.717, 1.165) is 6.42 Å². The van der Waals surface area contributed by atoms with Crippen molar-refractivity contribution < 1.29 is 0 Å². The minimum Gasteiger partial charge on any atom is -0.330 e. The fourth-order valence-corrected chi connectivity index (χ4v) is 0.945. The lowest BCUT2D eigenvalue weighted by molar-refractivity contribution is 0.737. The van der Waals surface area contributed by atoms with Crippen molar-refractivity contribution >= 4 is 24.8 Å². The van der Waals surface area contributed by atoms with Gasteiger partial charge in [-0.2, -0.15) is 5.10 Å². The van der Waals surface area contributed by atoms with Gasteiger partial charge in [-0.3, -0.25) is 4.68 Å². The second-order valence-electron chi connectivity index (χ2n) is 2.42. The van der Waals surface area contributed by atoms with Crippen LogP contribution in [0.15, 0.2) is 6.20 Å². The van der Waals surface area contributed by atoms with Gasteiger partial charge in [0.15, 0.2) is 0 Å². The third-order valence-corrected chi connectivity index (χ3v) is 1.75. The van der Waals surface area contributed by atoms with Crippen molar-refractivity contribution in [2.45, 2.75) is 13.3 Å². The molecule has 1 rings (SSSR count). The zero-order chi connectivity index (χ0) is 7.56. The van der Waals surface area contributed by atoms with Crippen LogP contribution in [0.3, 0.4) is 0 Å². The van der Waals surface area contributed by atoms with Crippen LogP contribution in [0.5, 0.6) is 0 Å². The number of nitrogens with zero attached hydrogens (tertiary/aromatic N) is 2. The minimum atomic E-state index is 0. The Balaban J connectivity index is 0. The first-order valence-electron chi connectivity index (χ1n) is 3.43. The monoisotopic (exact) mass is 211 g/mol. The molecule has 0 radical (unpaired) electrons. The summed E-state index contributed by atoms with van der Waals surface area (Å²) < 4.78 is 1.87. The quantitative estimate of drug-likeness (QED) is 0.796. The van der Waals surface area contributed by atoms with Gasteiger partial charge in [0.2, 0.25) is 0 Å². The van der Waals surface area contributed by atoms with Crippen molar-refractivity contribution in [2.75, 3.05) is 6.54 Å². The van der Waals surface area contributed by atoms with Crippen LogP contribution >= 0.6 is 24.8 Å². The summed E-state index contributed by atoms with van der Waals surface area (Å²) in [7, 11) is 1.94. The number of hydrogen-bond donors (Lipinski definition) is 1. The molecule has 0 spiro atoms. The first kappa shape index (κ1) is 14.3. The summed E-state index contributed by atoms with van der Waals surface area (Å²) in [6, 6.07) is 0. The molecule has 2 N–H and O–H groups in total. The summed E-state index contributed by atoms with van der Waals surface area (Å²) in [4.78, 5) is 0. The van der Waals surface area contributed by atoms with E-state index in [0.29, 0.717) is 6.54 Å². The zero-order valence-electron chi connectivity index (χ0n) is 7.28. The van der Waals surface area contributed by atoms with E-state index in [1.807, 2.05) is 17.9 Å². The summed E-state index contributed by atoms with van der Waals surface area (Å²) in [6.07, 6.45) is 2.81. The van der Waals surface area contributed by atoms with Gasteiger partial charge < -0.3 is 5.73 Å². The van der Waals surface area contributed by atoms with Crippen LogP contribution in [0.2, 0.25) is 0 Å². The molecule has 0 amide bonds. The second kappa shape index (κ2) is 6.29. The normalized spacial score (nSPS) is 8.58. The largest absolute Gasteiger partial charge is 0.330 e. The highest BCUT2D eigenvalue weighted by molar-refractivity contribution is 5.85. The molecule has 0 saturated heterocycles. The van der Waals surface area contributed by atoms with E-state index < -0.39 is 0 Å². The predicted octanol–water partition coefficient (Wildman–Crippen LogP) is 1.07. The summed E-state index contributed by atoms with van der Waals surface area (Å²) >= 11 is 0. The minimum absolute atomic E-state index is 0. The van der Waals surface area contributed by atoms with E-state index in [1.165, 1.54) is 11.3 Å². The average Bonchev–Trinajstić information content (AvgIpc) is 2.20. The van der Waals surface area contributed by atoms with E-state index in [9.17, 15) is 0 Å². The Hall–Kier alpha value is -0.250. The summed E-state index contributed by atoms with van der Waals surface area (Å²) in [5, 5.41) is 4.10. The van der Waals surface area contributed by atoms with Crippen LogP contribution in [0.4, 0.5) is 0 Å². The molecule has 3 nitrogen and oxygen atoms in total. The van der Waals surface area contributed by atoms with Crippen LogP contribution in [-0.4, -0.2) is 16.3 Å². The molecule has 1 aromatic heterocycles. The van der Waals surface area contributed by atoms with Crippen molar-refractivity contribution in [1.29, 1.82) is 0 Å². The average molecular weight is 212 g/mol. The van der Waals surface area contributed by atoms with Crippen molar-refractivity contribution in [3.05, 3.63) is 17.5 Å². The molecule has 0 aromatic carbocycles. The van der Waals surface area contributed by atoms with Gasteiger partial charge in [0.05, 0.1) is 6.20 Å². The first-order valence-corrected chi connectivity index (χ1v) is 3.43. The molecule has 0 fully saturated rings. The standard InChI is InChI=1S/C7H13N3.2ClH/c1-6-7(3-4-8)5-9-10(6)2;;/h5H,3-4,8H2,1-2H3;2*1H. The molecule has 0 bridgehead atoms. The zero-order valence-corrected chi connectivity index (χ0v) is 8.91. The number of hydrogen-bond acceptors (Lipinski definition) is 2. The Morgan fingerprint density at radius 3 is 2.42 bits per heavy atom. The Morgan fingerprint density at radius 1 is 1.50 bits per heavy atom. The molecule has 0 atom stereocenters. The molecule has 0 aliphatic heterocycles. The third kappa shape index (κ3) is 3.01. The van der Waals surface area contributed by atoms with Gasteiger partial charge in [0, 0.05) is 12.7 Å². The summed E-state index contributed by atoms with van der Waals surface area (Å²) in [6.45, 7) is 2.75. The maximum atomic E-state index is 5.40. The molecule has 0 saturated carbocycles. The Kier molecular flexibility index (Phi) is 7.48. The Bertz CT molecular complexity index is 222. The maximum Gasteiger partial charge on any atom is 0.0524 e. The van der Waals surface area contributed by atoms with E-state index in [2.05, 4.69) is 12.0 Å². The van der Waals surface area contributed by atoms with Crippen LogP contribution in [0, 0.1) is 6.92 Å². The fraction of sp³-hybridized carbons (Fsp3) is 0.571. The lowest BCUT2D eigenvalue weighted by Crippen LogP contribution is -2.03. The fourth-order valence-electron chi connectivity index (χ4n) is 0.945. The van der Waals surface area contributed by atoms with Crippen molar-refractivity contribution in [3.63, 3.8) is 0 Å². The topological polar surface area (TPSA) is 43.8 Å². The van der Waals surface area contributed by atoms with Crippen LogP contribution in [-0.2, 0) is 13.5 Å². The van der Waals surface area contributed by atoms with E-state index in [-0.39, 0.29) is 24.8 Å². The van der Waals surface area contributed by atoms with Gasteiger partial charge in [-0.05, 0) is 25.5 Å². The number of rotatable bonds is 2. The smallest absolute Gasteiger partial charge is 0.0524 e. The van der Waals surface area contributed by atoms with E-state index >= 15 is 0 Å². The van der Waals surface area contributed by atoms with Gasteiger partial charge in [-0.15, -0.1) is 24.8 Å². The molecule has 0 aliphatic rings. The van der Waals surface area contributed by atoms with Crippen LogP contribution < -0.4 is 5.73 Å². The molecule has 1 aromatic rings. The number of aromatic nitrogens is 2. The predicted molar refractivity (Wildman–Crippen MR) is 55.2 cm³/mol. The highest BCUT2D eigenvalue weighted by atomic mass is 35.5. The van der Waals surface area contributed by atoms with Crippen molar-refractivity contribution in [2.24, 2.45) is 12.8 Å². The van der Waals surface area contributed by atoms with Crippen LogP contribution in [0.25, 0.3) is 0 Å². The SMILES string of the molecule is Cc1c(CCN)cnn1C.Cl.Cl. The molecule has 0 aliphatic carbocycles. The van der Waals surface area contributed by atoms with E-state index in [4.69, 9.17) is 5.73 Å². The molecule has 12 heavy (non-hydrogen) atoms. The number of nitrogens with two attached hydrogens (primary N) is 1. The third-order valence-electron chi connectivity index (χ3n) is 1.75. The Labute approximate surface area is 85.1 Å². The first-order chi connectivity index (χ1) is 4.75. The summed E-state index contributed by atoms with van der Waals surface area (Å²) in [5.74, 6) is 0. The van der Waals surface area contributed by atoms with Gasteiger partial charge in [-0.1, -0.05) is 0 Å². The molecule has 72 valence electrons. The lowest BCUT2D eigenvalue weighted by Gasteiger charge is -1.96. The molecule has 0 unspecified atom stereocenters. The molecule has 1 heterocycles. The highest BCUT2D eigenvalue weighted by Crippen LogP contribution is 2.04.